The number of carboxylic acids is 1. The molecular formula is C16H15Cl2NO3. The highest BCUT2D eigenvalue weighted by Crippen LogP contribution is 2.30. The van der Waals surface area contributed by atoms with Crippen LogP contribution >= 0.6 is 23.2 Å². The minimum Gasteiger partial charge on any atom is -0.477 e. The molecule has 1 aromatic heterocycles. The predicted molar refractivity (Wildman–Crippen MR) is 88.2 cm³/mol. The van der Waals surface area contributed by atoms with Crippen molar-refractivity contribution in [2.75, 3.05) is 0 Å². The summed E-state index contributed by atoms with van der Waals surface area (Å²) in [6.07, 6.45) is 0.473. The second kappa shape index (κ2) is 6.15. The van der Waals surface area contributed by atoms with Crippen molar-refractivity contribution in [3.8, 4) is 11.3 Å². The third kappa shape index (κ3) is 2.64. The molecule has 1 N–H and O–H groups in total. The SMILES string of the molecule is CCc1c(C)n(C)c(-c2ccc(Cl)c(Cl)c2)c(C(=O)O)c1=O. The van der Waals surface area contributed by atoms with E-state index in [1.54, 1.807) is 36.7 Å². The zero-order chi connectivity index (χ0) is 16.6. The zero-order valence-corrected chi connectivity index (χ0v) is 13.9. The number of rotatable bonds is 3. The van der Waals surface area contributed by atoms with Gasteiger partial charge < -0.3 is 9.67 Å². The van der Waals surface area contributed by atoms with Crippen molar-refractivity contribution in [3.63, 3.8) is 0 Å². The number of aromatic nitrogens is 1. The van der Waals surface area contributed by atoms with E-state index in [-0.39, 0.29) is 5.56 Å². The van der Waals surface area contributed by atoms with Crippen molar-refractivity contribution < 1.29 is 9.90 Å². The van der Waals surface area contributed by atoms with Gasteiger partial charge in [-0.25, -0.2) is 4.79 Å². The van der Waals surface area contributed by atoms with Crippen LogP contribution < -0.4 is 5.43 Å². The van der Waals surface area contributed by atoms with Gasteiger partial charge in [0.1, 0.15) is 5.56 Å². The topological polar surface area (TPSA) is 59.3 Å². The monoisotopic (exact) mass is 339 g/mol. The number of nitrogens with zero attached hydrogens (tertiary/aromatic N) is 1. The zero-order valence-electron chi connectivity index (χ0n) is 12.4. The van der Waals surface area contributed by atoms with Gasteiger partial charge in [0, 0.05) is 23.9 Å². The molecule has 0 radical (unpaired) electrons. The van der Waals surface area contributed by atoms with Gasteiger partial charge in [0.15, 0.2) is 5.43 Å². The van der Waals surface area contributed by atoms with Gasteiger partial charge in [-0.15, -0.1) is 0 Å². The van der Waals surface area contributed by atoms with Gasteiger partial charge in [0.2, 0.25) is 0 Å². The number of aromatic carboxylic acids is 1. The molecule has 2 rings (SSSR count). The van der Waals surface area contributed by atoms with Gasteiger partial charge in [0.25, 0.3) is 0 Å². The van der Waals surface area contributed by atoms with Crippen LogP contribution in [0.4, 0.5) is 0 Å². The first-order chi connectivity index (χ1) is 10.3. The molecule has 6 heteroatoms. The standard InChI is InChI=1S/C16H15Cl2NO3/c1-4-10-8(2)19(3)14(13(15(10)20)16(21)22)9-5-6-11(17)12(18)7-9/h5-7H,4H2,1-3H3,(H,21,22). The lowest BCUT2D eigenvalue weighted by Gasteiger charge is -2.18. The molecular weight excluding hydrogens is 325 g/mol. The Bertz CT molecular complexity index is 825. The molecule has 1 aromatic carbocycles. The summed E-state index contributed by atoms with van der Waals surface area (Å²) in [4.78, 5) is 24.1. The minimum absolute atomic E-state index is 0.247. The Morgan fingerprint density at radius 2 is 1.91 bits per heavy atom. The Balaban J connectivity index is 2.94. The highest BCUT2D eigenvalue weighted by Gasteiger charge is 2.23. The minimum atomic E-state index is -1.25. The lowest BCUT2D eigenvalue weighted by Crippen LogP contribution is -2.26. The van der Waals surface area contributed by atoms with Crippen LogP contribution in [0, 0.1) is 6.92 Å². The molecule has 0 saturated heterocycles. The van der Waals surface area contributed by atoms with Gasteiger partial charge >= 0.3 is 5.97 Å². The molecule has 0 saturated carbocycles. The molecule has 0 aliphatic carbocycles. The quantitative estimate of drug-likeness (QED) is 0.921. The van der Waals surface area contributed by atoms with Crippen LogP contribution in [0.5, 0.6) is 0 Å². The Kier molecular flexibility index (Phi) is 4.63. The number of carboxylic acid groups (broad SMARTS) is 1. The molecule has 22 heavy (non-hydrogen) atoms. The van der Waals surface area contributed by atoms with Crippen molar-refractivity contribution in [1.82, 2.24) is 4.57 Å². The van der Waals surface area contributed by atoms with Crippen molar-refractivity contribution in [2.24, 2.45) is 7.05 Å². The predicted octanol–water partition coefficient (Wildman–Crippen LogP) is 3.93. The van der Waals surface area contributed by atoms with Crippen LogP contribution in [0.25, 0.3) is 11.3 Å². The number of benzene rings is 1. The summed E-state index contributed by atoms with van der Waals surface area (Å²) in [5, 5.41) is 10.2. The van der Waals surface area contributed by atoms with Crippen LogP contribution in [0.2, 0.25) is 10.0 Å². The van der Waals surface area contributed by atoms with Gasteiger partial charge in [-0.1, -0.05) is 36.2 Å². The van der Waals surface area contributed by atoms with E-state index in [2.05, 4.69) is 0 Å². The number of hydrogen-bond acceptors (Lipinski definition) is 2. The van der Waals surface area contributed by atoms with Gasteiger partial charge in [0.05, 0.1) is 15.7 Å². The normalized spacial score (nSPS) is 10.8. The van der Waals surface area contributed by atoms with Crippen molar-refractivity contribution in [2.45, 2.75) is 20.3 Å². The molecule has 0 aliphatic rings. The average molecular weight is 340 g/mol. The third-order valence-corrected chi connectivity index (χ3v) is 4.51. The maximum Gasteiger partial charge on any atom is 0.341 e. The summed E-state index contributed by atoms with van der Waals surface area (Å²) in [7, 11) is 1.73. The van der Waals surface area contributed by atoms with Crippen molar-refractivity contribution >= 4 is 29.2 Å². The average Bonchev–Trinajstić information content (AvgIpc) is 2.46. The van der Waals surface area contributed by atoms with E-state index < -0.39 is 11.4 Å². The number of halogens is 2. The Labute approximate surface area is 137 Å². The highest BCUT2D eigenvalue weighted by molar-refractivity contribution is 6.42. The van der Waals surface area contributed by atoms with Crippen molar-refractivity contribution in [1.29, 1.82) is 0 Å². The smallest absolute Gasteiger partial charge is 0.341 e. The summed E-state index contributed by atoms with van der Waals surface area (Å²) in [5.74, 6) is -1.25. The maximum atomic E-state index is 12.5. The molecule has 0 amide bonds. The van der Waals surface area contributed by atoms with E-state index in [1.165, 1.54) is 0 Å². The van der Waals surface area contributed by atoms with Gasteiger partial charge in [-0.3, -0.25) is 4.79 Å². The number of pyridine rings is 1. The molecule has 0 bridgehead atoms. The summed E-state index contributed by atoms with van der Waals surface area (Å²) >= 11 is 11.9. The fourth-order valence-corrected chi connectivity index (χ4v) is 2.85. The Hall–Kier alpha value is -1.78. The first-order valence-electron chi connectivity index (χ1n) is 6.70. The van der Waals surface area contributed by atoms with Crippen LogP contribution in [0.3, 0.4) is 0 Å². The lowest BCUT2D eigenvalue weighted by atomic mass is 9.99. The number of carbonyl (C=O) groups is 1. The molecule has 4 nitrogen and oxygen atoms in total. The molecule has 0 aliphatic heterocycles. The first-order valence-corrected chi connectivity index (χ1v) is 7.46. The third-order valence-electron chi connectivity index (χ3n) is 3.77. The molecule has 2 aromatic rings. The maximum absolute atomic E-state index is 12.5. The first kappa shape index (κ1) is 16.6. The molecule has 116 valence electrons. The largest absolute Gasteiger partial charge is 0.477 e. The molecule has 0 unspecified atom stereocenters. The second-order valence-corrected chi connectivity index (χ2v) is 5.78. The van der Waals surface area contributed by atoms with Crippen LogP contribution in [-0.4, -0.2) is 15.6 Å². The fourth-order valence-electron chi connectivity index (χ4n) is 2.56. The van der Waals surface area contributed by atoms with E-state index in [0.29, 0.717) is 33.3 Å². The second-order valence-electron chi connectivity index (χ2n) is 4.96. The summed E-state index contributed by atoms with van der Waals surface area (Å²) < 4.78 is 1.71. The summed E-state index contributed by atoms with van der Waals surface area (Å²) in [6.45, 7) is 3.63. The van der Waals surface area contributed by atoms with E-state index in [0.717, 1.165) is 5.69 Å². The molecule has 0 spiro atoms. The molecule has 0 atom stereocenters. The Morgan fingerprint density at radius 3 is 2.41 bits per heavy atom. The van der Waals surface area contributed by atoms with E-state index in [4.69, 9.17) is 23.2 Å². The van der Waals surface area contributed by atoms with E-state index in [1.807, 2.05) is 6.92 Å². The summed E-state index contributed by atoms with van der Waals surface area (Å²) in [6, 6.07) is 4.80. The Morgan fingerprint density at radius 1 is 1.27 bits per heavy atom. The van der Waals surface area contributed by atoms with Crippen LogP contribution in [0.1, 0.15) is 28.5 Å². The van der Waals surface area contributed by atoms with E-state index in [9.17, 15) is 14.7 Å². The van der Waals surface area contributed by atoms with Gasteiger partial charge in [-0.2, -0.15) is 0 Å². The highest BCUT2D eigenvalue weighted by atomic mass is 35.5. The molecule has 0 fully saturated rings. The van der Waals surface area contributed by atoms with Gasteiger partial charge in [-0.05, 0) is 25.5 Å². The van der Waals surface area contributed by atoms with E-state index >= 15 is 0 Å². The van der Waals surface area contributed by atoms with Crippen LogP contribution in [-0.2, 0) is 13.5 Å². The lowest BCUT2D eigenvalue weighted by molar-refractivity contribution is 0.0695. The fraction of sp³-hybridized carbons (Fsp3) is 0.250. The number of hydrogen-bond donors (Lipinski definition) is 1. The molecule has 1 heterocycles. The van der Waals surface area contributed by atoms with Crippen LogP contribution in [0.15, 0.2) is 23.0 Å². The van der Waals surface area contributed by atoms with Crippen molar-refractivity contribution in [3.05, 3.63) is 55.3 Å². The summed E-state index contributed by atoms with van der Waals surface area (Å²) in [5.41, 5.74) is 1.40.